The summed E-state index contributed by atoms with van der Waals surface area (Å²) in [5, 5.41) is 0.501. The molecule has 0 radical (unpaired) electrons. The molecule has 1 aliphatic rings. The van der Waals surface area contributed by atoms with Crippen LogP contribution in [0, 0.1) is 23.4 Å². The van der Waals surface area contributed by atoms with E-state index < -0.39 is 32.4 Å². The minimum Gasteiger partial charge on any atom is -0.493 e. The summed E-state index contributed by atoms with van der Waals surface area (Å²) < 4.78 is 87.5. The average molecular weight is 616 g/mol. The van der Waals surface area contributed by atoms with Gasteiger partial charge in [-0.05, 0) is 80.7 Å². The van der Waals surface area contributed by atoms with Crippen LogP contribution in [0.2, 0.25) is 0 Å². The van der Waals surface area contributed by atoms with Gasteiger partial charge in [-0.2, -0.15) is 0 Å². The molecule has 43 heavy (non-hydrogen) atoms. The molecule has 1 aromatic heterocycles. The summed E-state index contributed by atoms with van der Waals surface area (Å²) in [6.45, 7) is 5.95. The summed E-state index contributed by atoms with van der Waals surface area (Å²) in [5.41, 5.74) is 0.392. The van der Waals surface area contributed by atoms with Gasteiger partial charge in [-0.1, -0.05) is 6.92 Å². The van der Waals surface area contributed by atoms with Crippen LogP contribution in [0.3, 0.4) is 0 Å². The molecule has 1 aliphatic heterocycles. The van der Waals surface area contributed by atoms with Crippen molar-refractivity contribution in [1.82, 2.24) is 9.88 Å². The molecular formula is C31H32F3N3O5S. The summed E-state index contributed by atoms with van der Waals surface area (Å²) in [7, 11) is -3.01. The molecule has 0 unspecified atom stereocenters. The van der Waals surface area contributed by atoms with Crippen molar-refractivity contribution in [1.29, 1.82) is 0 Å². The van der Waals surface area contributed by atoms with Gasteiger partial charge in [-0.25, -0.2) is 21.6 Å². The van der Waals surface area contributed by atoms with Gasteiger partial charge in [0.25, 0.3) is 10.0 Å². The third-order valence-electron chi connectivity index (χ3n) is 7.33. The lowest BCUT2D eigenvalue weighted by Crippen LogP contribution is -2.34. The lowest BCUT2D eigenvalue weighted by atomic mass is 9.99. The van der Waals surface area contributed by atoms with E-state index in [9.17, 15) is 21.6 Å². The van der Waals surface area contributed by atoms with E-state index in [1.807, 2.05) is 0 Å². The van der Waals surface area contributed by atoms with Crippen molar-refractivity contribution in [3.8, 4) is 23.0 Å². The summed E-state index contributed by atoms with van der Waals surface area (Å²) in [6.07, 6.45) is 4.78. The maximum Gasteiger partial charge on any atom is 0.264 e. The number of ether oxygens (including phenoxy) is 3. The molecule has 3 aromatic carbocycles. The zero-order chi connectivity index (χ0) is 30.6. The Bertz CT molecular complexity index is 1710. The normalized spacial score (nSPS) is 14.5. The van der Waals surface area contributed by atoms with Crippen LogP contribution >= 0.6 is 0 Å². The van der Waals surface area contributed by atoms with Gasteiger partial charge in [0, 0.05) is 30.3 Å². The number of methoxy groups -OCH3 is 1. The topological polar surface area (TPSA) is 90.0 Å². The molecule has 1 fully saturated rings. The molecule has 5 rings (SSSR count). The summed E-state index contributed by atoms with van der Waals surface area (Å²) in [5.74, 6) is -1.18. The number of anilines is 1. The number of hydrogen-bond acceptors (Lipinski definition) is 7. The van der Waals surface area contributed by atoms with Crippen molar-refractivity contribution in [2.24, 2.45) is 5.92 Å². The lowest BCUT2D eigenvalue weighted by molar-refractivity contribution is 0.176. The number of aromatic nitrogens is 1. The molecular weight excluding hydrogens is 583 g/mol. The number of hydrogen-bond donors (Lipinski definition) is 1. The Balaban J connectivity index is 1.32. The van der Waals surface area contributed by atoms with Gasteiger partial charge < -0.3 is 19.1 Å². The van der Waals surface area contributed by atoms with E-state index in [0.29, 0.717) is 41.1 Å². The second-order valence-corrected chi connectivity index (χ2v) is 12.1. The van der Waals surface area contributed by atoms with E-state index in [2.05, 4.69) is 21.5 Å². The third-order valence-corrected chi connectivity index (χ3v) is 8.72. The Morgan fingerprint density at radius 2 is 1.70 bits per heavy atom. The van der Waals surface area contributed by atoms with Gasteiger partial charge >= 0.3 is 0 Å². The van der Waals surface area contributed by atoms with Crippen LogP contribution < -0.4 is 18.9 Å². The quantitative estimate of drug-likeness (QED) is 0.187. The molecule has 0 atom stereocenters. The first kappa shape index (κ1) is 30.4. The number of pyridine rings is 1. The Labute approximate surface area is 248 Å². The van der Waals surface area contributed by atoms with Crippen molar-refractivity contribution in [2.45, 2.75) is 31.1 Å². The van der Waals surface area contributed by atoms with Crippen LogP contribution in [-0.2, 0) is 10.0 Å². The smallest absolute Gasteiger partial charge is 0.264 e. The minimum atomic E-state index is -4.52. The highest BCUT2D eigenvalue weighted by atomic mass is 32.2. The van der Waals surface area contributed by atoms with Gasteiger partial charge in [0.1, 0.15) is 22.3 Å². The first-order valence-electron chi connectivity index (χ1n) is 13.9. The fourth-order valence-corrected chi connectivity index (χ4v) is 6.04. The lowest BCUT2D eigenvalue weighted by Gasteiger charge is -2.30. The van der Waals surface area contributed by atoms with Crippen LogP contribution in [0.5, 0.6) is 23.0 Å². The van der Waals surface area contributed by atoms with Crippen LogP contribution in [0.4, 0.5) is 18.9 Å². The van der Waals surface area contributed by atoms with Crippen LogP contribution in [0.25, 0.3) is 10.9 Å². The Morgan fingerprint density at radius 1 is 0.930 bits per heavy atom. The Hall–Kier alpha value is -4.03. The van der Waals surface area contributed by atoms with Crippen LogP contribution in [-0.4, -0.2) is 51.7 Å². The molecule has 1 saturated heterocycles. The van der Waals surface area contributed by atoms with E-state index in [1.54, 1.807) is 12.1 Å². The number of fused-ring (bicyclic) bond motifs is 1. The number of likely N-dealkylation sites (tertiary alicyclic amines) is 1. The predicted molar refractivity (Wildman–Crippen MR) is 157 cm³/mol. The van der Waals surface area contributed by atoms with E-state index in [-0.39, 0.29) is 17.2 Å². The highest BCUT2D eigenvalue weighted by Gasteiger charge is 2.22. The van der Waals surface area contributed by atoms with E-state index in [0.717, 1.165) is 56.2 Å². The molecule has 2 heterocycles. The summed E-state index contributed by atoms with van der Waals surface area (Å²) in [6, 6.07) is 10.2. The number of nitrogens with zero attached hydrogens (tertiary/aromatic N) is 2. The number of sulfonamides is 1. The first-order valence-corrected chi connectivity index (χ1v) is 15.4. The molecule has 0 spiro atoms. The molecule has 4 aromatic rings. The number of benzene rings is 3. The Morgan fingerprint density at radius 3 is 2.47 bits per heavy atom. The van der Waals surface area contributed by atoms with Crippen molar-refractivity contribution in [3.63, 3.8) is 0 Å². The van der Waals surface area contributed by atoms with Crippen molar-refractivity contribution >= 4 is 26.6 Å². The maximum absolute atomic E-state index is 14.8. The van der Waals surface area contributed by atoms with E-state index >= 15 is 0 Å². The highest BCUT2D eigenvalue weighted by Crippen LogP contribution is 2.38. The van der Waals surface area contributed by atoms with Gasteiger partial charge in [-0.3, -0.25) is 9.71 Å². The first-order chi connectivity index (χ1) is 20.6. The SMILES string of the molecule is COc1cc2c(Oc3cc(NS(=O)(=O)c4cc(F)ccc4F)ccc3F)ccnc2cc1OCCCN1CCC(C)CC1. The Kier molecular flexibility index (Phi) is 9.26. The number of halogens is 3. The number of piperidine rings is 1. The second-order valence-electron chi connectivity index (χ2n) is 10.5. The van der Waals surface area contributed by atoms with Crippen molar-refractivity contribution in [3.05, 3.63) is 78.2 Å². The van der Waals surface area contributed by atoms with Gasteiger partial charge in [0.05, 0.1) is 24.9 Å². The molecule has 0 aliphatic carbocycles. The molecule has 0 bridgehead atoms. The summed E-state index contributed by atoms with van der Waals surface area (Å²) in [4.78, 5) is 5.96. The van der Waals surface area contributed by atoms with Crippen LogP contribution in [0.15, 0.2) is 65.7 Å². The van der Waals surface area contributed by atoms with Crippen molar-refractivity contribution in [2.75, 3.05) is 38.1 Å². The van der Waals surface area contributed by atoms with E-state index in [4.69, 9.17) is 14.2 Å². The molecule has 1 N–H and O–H groups in total. The fraction of sp³-hybridized carbons (Fsp3) is 0.323. The summed E-state index contributed by atoms with van der Waals surface area (Å²) >= 11 is 0. The molecule has 0 saturated carbocycles. The minimum absolute atomic E-state index is 0.120. The molecule has 12 heteroatoms. The molecule has 228 valence electrons. The number of nitrogens with one attached hydrogen (secondary N) is 1. The average Bonchev–Trinajstić information content (AvgIpc) is 2.98. The molecule has 8 nitrogen and oxygen atoms in total. The molecule has 0 amide bonds. The van der Waals surface area contributed by atoms with Gasteiger partial charge in [0.2, 0.25) is 0 Å². The van der Waals surface area contributed by atoms with Crippen LogP contribution in [0.1, 0.15) is 26.2 Å². The number of rotatable bonds is 11. The zero-order valence-electron chi connectivity index (χ0n) is 23.8. The highest BCUT2D eigenvalue weighted by molar-refractivity contribution is 7.92. The van der Waals surface area contributed by atoms with E-state index in [1.165, 1.54) is 32.2 Å². The fourth-order valence-electron chi connectivity index (χ4n) is 4.90. The monoisotopic (exact) mass is 615 g/mol. The van der Waals surface area contributed by atoms with Crippen molar-refractivity contribution < 1.29 is 35.8 Å². The van der Waals surface area contributed by atoms with Gasteiger partial charge in [0.15, 0.2) is 23.1 Å². The standard InChI is InChI=1S/C31H32F3N3O5S/c1-20-9-13-37(14-10-20)12-3-15-41-30-19-26-23(18-29(30)40-2)27(8-11-35-26)42-28-17-22(5-7-24(28)33)36-43(38,39)31-16-21(32)4-6-25(31)34/h4-8,11,16-20,36H,3,9-10,12-15H2,1-2H3. The van der Waals surface area contributed by atoms with Gasteiger partial charge in [-0.15, -0.1) is 0 Å². The third kappa shape index (κ3) is 7.31. The predicted octanol–water partition coefficient (Wildman–Crippen LogP) is 6.75. The zero-order valence-corrected chi connectivity index (χ0v) is 24.6. The maximum atomic E-state index is 14.8. The largest absolute Gasteiger partial charge is 0.493 e. The second kappa shape index (κ2) is 13.1.